The number of carbonyl (C=O) groups is 2. The van der Waals surface area contributed by atoms with E-state index in [1.54, 1.807) is 0 Å². The van der Waals surface area contributed by atoms with E-state index in [1.165, 1.54) is 0 Å². The van der Waals surface area contributed by atoms with Crippen LogP contribution in [0.2, 0.25) is 0 Å². The minimum absolute atomic E-state index is 0. The first-order valence-corrected chi connectivity index (χ1v) is 3.20. The third kappa shape index (κ3) is 5.21. The van der Waals surface area contributed by atoms with E-state index in [9.17, 15) is 9.59 Å². The molecular weight excluding hydrogens is 116 g/mol. The van der Waals surface area contributed by atoms with Gasteiger partial charge in [-0.1, -0.05) is 6.92 Å². The number of carbonyl (C=O) groups excluding carboxylic acids is 2. The molecule has 0 aromatic rings. The van der Waals surface area contributed by atoms with Gasteiger partial charge in [-0.25, -0.2) is 0 Å². The zero-order valence-electron chi connectivity index (χ0n) is 5.67. The molecule has 0 aliphatic heterocycles. The summed E-state index contributed by atoms with van der Waals surface area (Å²) in [6.07, 6.45) is 4.06. The predicted octanol–water partition coefficient (Wildman–Crippen LogP) is 1.44. The van der Waals surface area contributed by atoms with E-state index >= 15 is 0 Å². The lowest BCUT2D eigenvalue weighted by atomic mass is 10.1. The van der Waals surface area contributed by atoms with E-state index < -0.39 is 0 Å². The van der Waals surface area contributed by atoms with E-state index in [-0.39, 0.29) is 7.34 Å². The van der Waals surface area contributed by atoms with Crippen LogP contribution in [0.1, 0.15) is 27.6 Å². The second-order valence-corrected chi connectivity index (χ2v) is 2.21. The van der Waals surface area contributed by atoms with Crippen molar-refractivity contribution in [2.45, 2.75) is 26.2 Å². The molecule has 0 saturated heterocycles. The summed E-state index contributed by atoms with van der Waals surface area (Å²) in [6, 6.07) is 0. The van der Waals surface area contributed by atoms with Gasteiger partial charge in [0, 0.05) is 13.8 Å². The van der Waals surface area contributed by atoms with Crippen LogP contribution in [-0.4, -0.2) is 12.6 Å². The maximum atomic E-state index is 10.0. The fourth-order valence-corrected chi connectivity index (χ4v) is 0.591. The van der Waals surface area contributed by atoms with Gasteiger partial charge in [0.2, 0.25) is 0 Å². The molecule has 0 bridgehead atoms. The molecule has 0 aliphatic carbocycles. The SMILES string of the molecule is CC(C=O)CCCC=O.[HH]. The van der Waals surface area contributed by atoms with E-state index in [0.717, 1.165) is 25.4 Å². The van der Waals surface area contributed by atoms with Crippen LogP contribution in [0.4, 0.5) is 0 Å². The Labute approximate surface area is 56.7 Å². The Morgan fingerprint density at radius 1 is 1.56 bits per heavy atom. The topological polar surface area (TPSA) is 34.1 Å². The molecule has 0 saturated carbocycles. The van der Waals surface area contributed by atoms with E-state index in [4.69, 9.17) is 0 Å². The molecule has 1 unspecified atom stereocenters. The lowest BCUT2D eigenvalue weighted by molar-refractivity contribution is -0.111. The molecule has 0 spiro atoms. The molecule has 1 atom stereocenters. The third-order valence-electron chi connectivity index (χ3n) is 1.21. The summed E-state index contributed by atoms with van der Waals surface area (Å²) in [6.45, 7) is 1.86. The zero-order chi connectivity index (χ0) is 7.11. The molecule has 0 aromatic heterocycles. The Morgan fingerprint density at radius 3 is 2.67 bits per heavy atom. The first-order valence-electron chi connectivity index (χ1n) is 3.20. The van der Waals surface area contributed by atoms with Crippen molar-refractivity contribution in [1.29, 1.82) is 0 Å². The van der Waals surface area contributed by atoms with Crippen LogP contribution < -0.4 is 0 Å². The van der Waals surface area contributed by atoms with Crippen LogP contribution in [0, 0.1) is 5.92 Å². The standard InChI is InChI=1S/C7H12O2.H2/c1-7(6-9)4-2-3-5-8;/h5-7H,2-4H2,1H3;1H. The Kier molecular flexibility index (Phi) is 5.07. The molecule has 0 heterocycles. The van der Waals surface area contributed by atoms with Crippen LogP contribution in [-0.2, 0) is 9.59 Å². The molecule has 0 amide bonds. The maximum Gasteiger partial charge on any atom is 0.122 e. The van der Waals surface area contributed by atoms with Crippen LogP contribution in [0.15, 0.2) is 0 Å². The van der Waals surface area contributed by atoms with Gasteiger partial charge in [-0.15, -0.1) is 0 Å². The number of rotatable bonds is 5. The molecule has 0 aliphatic rings. The van der Waals surface area contributed by atoms with E-state index in [1.807, 2.05) is 6.92 Å². The Balaban J connectivity index is 0. The number of hydrogen-bond acceptors (Lipinski definition) is 2. The Hall–Kier alpha value is -0.660. The fraction of sp³-hybridized carbons (Fsp3) is 0.714. The minimum atomic E-state index is 0. The second-order valence-electron chi connectivity index (χ2n) is 2.21. The first-order chi connectivity index (χ1) is 4.31. The first kappa shape index (κ1) is 8.34. The number of hydrogen-bond donors (Lipinski definition) is 0. The lowest BCUT2D eigenvalue weighted by Crippen LogP contribution is -1.94. The minimum Gasteiger partial charge on any atom is -0.303 e. The van der Waals surface area contributed by atoms with Crippen molar-refractivity contribution in [2.75, 3.05) is 0 Å². The normalized spacial score (nSPS) is 12.6. The average molecular weight is 130 g/mol. The van der Waals surface area contributed by atoms with Crippen LogP contribution in [0.25, 0.3) is 0 Å². The summed E-state index contributed by atoms with van der Waals surface area (Å²) >= 11 is 0. The molecule has 2 heteroatoms. The summed E-state index contributed by atoms with van der Waals surface area (Å²) in [7, 11) is 0. The van der Waals surface area contributed by atoms with Gasteiger partial charge in [0.1, 0.15) is 12.6 Å². The van der Waals surface area contributed by atoms with Crippen molar-refractivity contribution >= 4 is 12.6 Å². The number of aldehydes is 2. The largest absolute Gasteiger partial charge is 0.303 e. The Morgan fingerprint density at radius 2 is 2.22 bits per heavy atom. The second kappa shape index (κ2) is 5.48. The highest BCUT2D eigenvalue weighted by molar-refractivity contribution is 5.53. The summed E-state index contributed by atoms with van der Waals surface area (Å²) in [4.78, 5) is 19.8. The molecule has 0 aromatic carbocycles. The highest BCUT2D eigenvalue weighted by Crippen LogP contribution is 2.02. The smallest absolute Gasteiger partial charge is 0.122 e. The molecular formula is C7H14O2. The van der Waals surface area contributed by atoms with E-state index in [0.29, 0.717) is 6.42 Å². The fourth-order valence-electron chi connectivity index (χ4n) is 0.591. The van der Waals surface area contributed by atoms with Gasteiger partial charge in [-0.3, -0.25) is 0 Å². The summed E-state index contributed by atoms with van der Waals surface area (Å²) in [5.41, 5.74) is 0. The highest BCUT2D eigenvalue weighted by atomic mass is 16.1. The molecule has 0 fully saturated rings. The van der Waals surface area contributed by atoms with Gasteiger partial charge in [-0.05, 0) is 12.8 Å². The van der Waals surface area contributed by atoms with Gasteiger partial charge in [0.15, 0.2) is 0 Å². The molecule has 0 N–H and O–H groups in total. The monoisotopic (exact) mass is 130 g/mol. The van der Waals surface area contributed by atoms with Crippen LogP contribution >= 0.6 is 0 Å². The Bertz CT molecular complexity index is 93.6. The average Bonchev–Trinajstić information content (AvgIpc) is 1.89. The summed E-state index contributed by atoms with van der Waals surface area (Å²) in [5.74, 6) is 0.116. The molecule has 0 rings (SSSR count). The molecule has 9 heavy (non-hydrogen) atoms. The third-order valence-corrected chi connectivity index (χ3v) is 1.21. The highest BCUT2D eigenvalue weighted by Gasteiger charge is 1.96. The number of unbranched alkanes of at least 4 members (excludes halogenated alkanes) is 1. The predicted molar refractivity (Wildman–Crippen MR) is 37.3 cm³/mol. The summed E-state index contributed by atoms with van der Waals surface area (Å²) < 4.78 is 0. The van der Waals surface area contributed by atoms with Gasteiger partial charge in [-0.2, -0.15) is 0 Å². The van der Waals surface area contributed by atoms with E-state index in [2.05, 4.69) is 0 Å². The van der Waals surface area contributed by atoms with Gasteiger partial charge < -0.3 is 9.59 Å². The van der Waals surface area contributed by atoms with Crippen molar-refractivity contribution in [2.24, 2.45) is 5.92 Å². The van der Waals surface area contributed by atoms with Gasteiger partial charge >= 0.3 is 0 Å². The molecule has 0 radical (unpaired) electrons. The zero-order valence-corrected chi connectivity index (χ0v) is 5.67. The van der Waals surface area contributed by atoms with Crippen molar-refractivity contribution in [1.82, 2.24) is 0 Å². The van der Waals surface area contributed by atoms with Crippen molar-refractivity contribution in [3.8, 4) is 0 Å². The van der Waals surface area contributed by atoms with Crippen molar-refractivity contribution in [3.05, 3.63) is 0 Å². The molecule has 54 valence electrons. The lowest BCUT2D eigenvalue weighted by Gasteiger charge is -1.97. The van der Waals surface area contributed by atoms with Gasteiger partial charge in [0.05, 0.1) is 0 Å². The molecule has 2 nitrogen and oxygen atoms in total. The quantitative estimate of drug-likeness (QED) is 0.417. The summed E-state index contributed by atoms with van der Waals surface area (Å²) in [5, 5.41) is 0. The van der Waals surface area contributed by atoms with Crippen LogP contribution in [0.5, 0.6) is 0 Å². The van der Waals surface area contributed by atoms with Gasteiger partial charge in [0.25, 0.3) is 0 Å². The van der Waals surface area contributed by atoms with Crippen molar-refractivity contribution < 1.29 is 11.0 Å². The van der Waals surface area contributed by atoms with Crippen molar-refractivity contribution in [3.63, 3.8) is 0 Å². The van der Waals surface area contributed by atoms with Crippen LogP contribution in [0.3, 0.4) is 0 Å². The maximum absolute atomic E-state index is 10.0.